The zero-order valence-corrected chi connectivity index (χ0v) is 17.4. The number of benzene rings is 3. The van der Waals surface area contributed by atoms with Crippen molar-refractivity contribution in [1.29, 1.82) is 0 Å². The van der Waals surface area contributed by atoms with Crippen LogP contribution in [0.5, 0.6) is 0 Å². The van der Waals surface area contributed by atoms with Gasteiger partial charge in [-0.3, -0.25) is 4.72 Å². The van der Waals surface area contributed by atoms with Gasteiger partial charge < -0.3 is 0 Å². The number of thiazole rings is 1. The van der Waals surface area contributed by atoms with E-state index in [4.69, 9.17) is 11.6 Å². The van der Waals surface area contributed by atoms with Gasteiger partial charge in [-0.1, -0.05) is 35.9 Å². The number of aromatic nitrogens is 1. The van der Waals surface area contributed by atoms with E-state index in [9.17, 15) is 8.42 Å². The van der Waals surface area contributed by atoms with Crippen molar-refractivity contribution in [3.8, 4) is 10.6 Å². The molecule has 1 heterocycles. The molecule has 0 unspecified atom stereocenters. The first-order chi connectivity index (χ1) is 13.4. The molecule has 142 valence electrons. The van der Waals surface area contributed by atoms with Gasteiger partial charge in [0, 0.05) is 16.3 Å². The lowest BCUT2D eigenvalue weighted by Gasteiger charge is -2.09. The summed E-state index contributed by atoms with van der Waals surface area (Å²) in [6.45, 7) is 2.06. The predicted octanol–water partition coefficient (Wildman–Crippen LogP) is 5.87. The molecule has 0 spiro atoms. The number of nitrogens with one attached hydrogen (secondary N) is 1. The lowest BCUT2D eigenvalue weighted by Crippen LogP contribution is -2.15. The second-order valence-corrected chi connectivity index (χ2v) is 9.68. The molecule has 4 aromatic rings. The van der Waals surface area contributed by atoms with Crippen LogP contribution in [0.4, 0.5) is 5.69 Å². The second-order valence-electron chi connectivity index (χ2n) is 6.52. The van der Waals surface area contributed by atoms with E-state index >= 15 is 0 Å². The second kappa shape index (κ2) is 7.54. The van der Waals surface area contributed by atoms with Gasteiger partial charge in [0.15, 0.2) is 0 Å². The Balaban J connectivity index is 1.53. The maximum atomic E-state index is 12.4. The molecule has 28 heavy (non-hydrogen) atoms. The summed E-state index contributed by atoms with van der Waals surface area (Å²) in [5, 5.41) is 1.35. The molecule has 1 aromatic heterocycles. The molecule has 0 aliphatic carbocycles. The number of hydrogen-bond acceptors (Lipinski definition) is 4. The molecule has 0 aliphatic rings. The normalized spacial score (nSPS) is 11.6. The van der Waals surface area contributed by atoms with Crippen LogP contribution in [0.15, 0.2) is 66.7 Å². The lowest BCUT2D eigenvalue weighted by atomic mass is 10.2. The average molecular weight is 429 g/mol. The fraction of sp³-hybridized carbons (Fsp3) is 0.0952. The highest BCUT2D eigenvalue weighted by atomic mass is 35.5. The van der Waals surface area contributed by atoms with E-state index < -0.39 is 10.0 Å². The summed E-state index contributed by atoms with van der Waals surface area (Å²) in [5.41, 5.74) is 4.19. The molecule has 7 heteroatoms. The van der Waals surface area contributed by atoms with Crippen molar-refractivity contribution < 1.29 is 8.42 Å². The smallest absolute Gasteiger partial charge is 0.236 e. The first-order valence-electron chi connectivity index (χ1n) is 8.61. The number of halogens is 1. The first kappa shape index (κ1) is 18.9. The lowest BCUT2D eigenvalue weighted by molar-refractivity contribution is 0.600. The van der Waals surface area contributed by atoms with Gasteiger partial charge in [0.1, 0.15) is 5.01 Å². The monoisotopic (exact) mass is 428 g/mol. The highest BCUT2D eigenvalue weighted by Gasteiger charge is 2.14. The summed E-state index contributed by atoms with van der Waals surface area (Å²) in [6.07, 6.45) is 0. The van der Waals surface area contributed by atoms with Gasteiger partial charge in [-0.2, -0.15) is 0 Å². The Labute approximate surface area is 172 Å². The minimum atomic E-state index is -3.56. The van der Waals surface area contributed by atoms with Crippen LogP contribution in [0.25, 0.3) is 20.8 Å². The molecule has 0 atom stereocenters. The Kier molecular flexibility index (Phi) is 5.10. The summed E-state index contributed by atoms with van der Waals surface area (Å²) in [5.74, 6) is -0.175. The summed E-state index contributed by atoms with van der Waals surface area (Å²) in [6, 6.07) is 20.3. The number of nitrogens with zero attached hydrogens (tertiary/aromatic N) is 1. The molecular formula is C21H17ClN2O2S2. The molecule has 0 bridgehead atoms. The van der Waals surface area contributed by atoms with E-state index in [0.29, 0.717) is 16.3 Å². The van der Waals surface area contributed by atoms with Crippen molar-refractivity contribution in [2.75, 3.05) is 4.72 Å². The third-order valence-electron chi connectivity index (χ3n) is 4.25. The zero-order chi connectivity index (χ0) is 19.7. The van der Waals surface area contributed by atoms with Gasteiger partial charge >= 0.3 is 0 Å². The van der Waals surface area contributed by atoms with Crippen LogP contribution in [-0.4, -0.2) is 13.4 Å². The minimum Gasteiger partial charge on any atom is -0.283 e. The SMILES string of the molecule is Cc1ccc2nc(-c3ccc(NS(=O)(=O)Cc4ccccc4Cl)cc3)sc2c1. The third kappa shape index (κ3) is 4.19. The molecule has 4 nitrogen and oxygen atoms in total. The summed E-state index contributed by atoms with van der Waals surface area (Å²) in [4.78, 5) is 4.66. The van der Waals surface area contributed by atoms with Gasteiger partial charge in [-0.25, -0.2) is 13.4 Å². The molecular weight excluding hydrogens is 412 g/mol. The fourth-order valence-corrected chi connectivity index (χ4v) is 5.45. The van der Waals surface area contributed by atoms with E-state index in [2.05, 4.69) is 22.7 Å². The average Bonchev–Trinajstić information content (AvgIpc) is 3.07. The van der Waals surface area contributed by atoms with Gasteiger partial charge in [0.2, 0.25) is 10.0 Å². The highest BCUT2D eigenvalue weighted by Crippen LogP contribution is 2.31. The molecule has 3 aromatic carbocycles. The Hall–Kier alpha value is -2.41. The summed E-state index contributed by atoms with van der Waals surface area (Å²) in [7, 11) is -3.56. The van der Waals surface area contributed by atoms with Crippen molar-refractivity contribution in [2.45, 2.75) is 12.7 Å². The molecule has 0 aliphatic heterocycles. The van der Waals surface area contributed by atoms with Crippen molar-refractivity contribution in [3.63, 3.8) is 0 Å². The largest absolute Gasteiger partial charge is 0.283 e. The van der Waals surface area contributed by atoms with Gasteiger partial charge in [0.05, 0.1) is 16.0 Å². The number of aryl methyl sites for hydroxylation is 1. The maximum Gasteiger partial charge on any atom is 0.236 e. The number of fused-ring (bicyclic) bond motifs is 1. The van der Waals surface area contributed by atoms with Crippen molar-refractivity contribution in [3.05, 3.63) is 82.9 Å². The molecule has 1 N–H and O–H groups in total. The Bertz CT molecular complexity index is 1250. The van der Waals surface area contributed by atoms with Crippen LogP contribution < -0.4 is 4.72 Å². The molecule has 0 saturated heterocycles. The zero-order valence-electron chi connectivity index (χ0n) is 15.0. The van der Waals surface area contributed by atoms with Gasteiger partial charge in [-0.15, -0.1) is 11.3 Å². The number of hydrogen-bond donors (Lipinski definition) is 1. The highest BCUT2D eigenvalue weighted by molar-refractivity contribution is 7.91. The fourth-order valence-electron chi connectivity index (χ4n) is 2.87. The van der Waals surface area contributed by atoms with Crippen LogP contribution in [-0.2, 0) is 15.8 Å². The summed E-state index contributed by atoms with van der Waals surface area (Å²) >= 11 is 7.69. The molecule has 4 rings (SSSR count). The van der Waals surface area contributed by atoms with E-state index in [1.165, 1.54) is 5.56 Å². The van der Waals surface area contributed by atoms with Crippen LogP contribution in [0.1, 0.15) is 11.1 Å². The molecule has 0 saturated carbocycles. The standard InChI is InChI=1S/C21H17ClN2O2S2/c1-14-6-11-19-20(12-14)27-21(23-19)15-7-9-17(10-8-15)24-28(25,26)13-16-4-2-3-5-18(16)22/h2-12,24H,13H2,1H3. The van der Waals surface area contributed by atoms with Crippen LogP contribution in [0.2, 0.25) is 5.02 Å². The van der Waals surface area contributed by atoms with E-state index in [1.807, 2.05) is 24.3 Å². The van der Waals surface area contributed by atoms with Gasteiger partial charge in [0.25, 0.3) is 0 Å². The molecule has 0 radical (unpaired) electrons. The van der Waals surface area contributed by atoms with Gasteiger partial charge in [-0.05, 0) is 60.5 Å². The van der Waals surface area contributed by atoms with Crippen LogP contribution in [0, 0.1) is 6.92 Å². The van der Waals surface area contributed by atoms with E-state index in [-0.39, 0.29) is 5.75 Å². The van der Waals surface area contributed by atoms with Crippen LogP contribution >= 0.6 is 22.9 Å². The number of anilines is 1. The minimum absolute atomic E-state index is 0.175. The van der Waals surface area contributed by atoms with E-state index in [1.54, 1.807) is 47.7 Å². The number of sulfonamides is 1. The quantitative estimate of drug-likeness (QED) is 0.432. The van der Waals surface area contributed by atoms with E-state index in [0.717, 1.165) is 20.8 Å². The molecule has 0 fully saturated rings. The van der Waals surface area contributed by atoms with Crippen molar-refractivity contribution in [2.24, 2.45) is 0 Å². The third-order valence-corrected chi connectivity index (χ3v) is 6.93. The van der Waals surface area contributed by atoms with Crippen molar-refractivity contribution in [1.82, 2.24) is 4.98 Å². The number of rotatable bonds is 5. The Morgan fingerprint density at radius 3 is 2.54 bits per heavy atom. The van der Waals surface area contributed by atoms with Crippen LogP contribution in [0.3, 0.4) is 0 Å². The predicted molar refractivity (Wildman–Crippen MR) is 117 cm³/mol. The Morgan fingerprint density at radius 2 is 1.79 bits per heavy atom. The summed E-state index contributed by atoms with van der Waals surface area (Å²) < 4.78 is 28.6. The molecule has 0 amide bonds. The maximum absolute atomic E-state index is 12.4. The first-order valence-corrected chi connectivity index (χ1v) is 11.5. The van der Waals surface area contributed by atoms with Crippen molar-refractivity contribution >= 4 is 48.9 Å². The Morgan fingerprint density at radius 1 is 1.04 bits per heavy atom. The topological polar surface area (TPSA) is 59.1 Å².